The summed E-state index contributed by atoms with van der Waals surface area (Å²) in [7, 11) is 2.96. The number of nitrogens with one attached hydrogen (secondary N) is 1. The Morgan fingerprint density at radius 2 is 1.90 bits per heavy atom. The summed E-state index contributed by atoms with van der Waals surface area (Å²) >= 11 is 0. The number of carboxylic acid groups (broad SMARTS) is 1. The first-order chi connectivity index (χ1) is 13.8. The first kappa shape index (κ1) is 20.1. The van der Waals surface area contributed by atoms with Gasteiger partial charge in [-0.1, -0.05) is 0 Å². The topological polar surface area (TPSA) is 126 Å². The summed E-state index contributed by atoms with van der Waals surface area (Å²) in [5.41, 5.74) is 1.76. The van der Waals surface area contributed by atoms with E-state index in [1.54, 1.807) is 38.1 Å². The van der Waals surface area contributed by atoms with Crippen LogP contribution in [0.2, 0.25) is 0 Å². The van der Waals surface area contributed by atoms with Gasteiger partial charge in [-0.2, -0.15) is 4.99 Å². The summed E-state index contributed by atoms with van der Waals surface area (Å²) in [6.45, 7) is 3.58. The first-order valence-corrected chi connectivity index (χ1v) is 8.77. The van der Waals surface area contributed by atoms with Gasteiger partial charge in [0.05, 0.1) is 26.3 Å². The number of ether oxygens (including phenoxy) is 2. The Morgan fingerprint density at radius 1 is 1.21 bits per heavy atom. The third-order valence-electron chi connectivity index (χ3n) is 4.28. The number of guanidine groups is 1. The highest BCUT2D eigenvalue weighted by atomic mass is 16.5. The van der Waals surface area contributed by atoms with Gasteiger partial charge in [0.25, 0.3) is 5.95 Å². The number of benzene rings is 1. The number of rotatable bonds is 5. The molecule has 0 aliphatic carbocycles. The zero-order valence-electron chi connectivity index (χ0n) is 16.5. The summed E-state index contributed by atoms with van der Waals surface area (Å²) in [6, 6.07) is 5.53. The molecule has 1 aliphatic heterocycles. The number of nitrogens with zero attached hydrogens (tertiary/aromatic N) is 4. The SMILES string of the molecule is COc1ccc(OC)c(N2/C(=N/c3nc(C)cc(C)n3)NC(=O)C[C@@H]2C(=O)O)c1. The number of hydrogen-bond acceptors (Lipinski definition) is 7. The van der Waals surface area contributed by atoms with Crippen LogP contribution in [-0.4, -0.2) is 53.2 Å². The smallest absolute Gasteiger partial charge is 0.327 e. The molecular formula is C19H21N5O5. The monoisotopic (exact) mass is 399 g/mol. The Hall–Kier alpha value is -3.69. The van der Waals surface area contributed by atoms with Crippen molar-refractivity contribution in [2.45, 2.75) is 26.3 Å². The van der Waals surface area contributed by atoms with E-state index in [-0.39, 0.29) is 18.3 Å². The molecule has 0 unspecified atom stereocenters. The van der Waals surface area contributed by atoms with Crippen LogP contribution in [0.15, 0.2) is 29.3 Å². The predicted octanol–water partition coefficient (Wildman–Crippen LogP) is 1.58. The van der Waals surface area contributed by atoms with Crippen LogP contribution in [0, 0.1) is 13.8 Å². The van der Waals surface area contributed by atoms with Gasteiger partial charge in [-0.05, 0) is 32.0 Å². The molecule has 2 aromatic rings. The van der Waals surface area contributed by atoms with Crippen molar-refractivity contribution in [1.29, 1.82) is 0 Å². The molecule has 1 atom stereocenters. The van der Waals surface area contributed by atoms with Gasteiger partial charge in [0.1, 0.15) is 17.5 Å². The molecule has 29 heavy (non-hydrogen) atoms. The lowest BCUT2D eigenvalue weighted by Gasteiger charge is -2.35. The summed E-state index contributed by atoms with van der Waals surface area (Å²) < 4.78 is 10.7. The van der Waals surface area contributed by atoms with Crippen molar-refractivity contribution in [3.8, 4) is 11.5 Å². The Kier molecular flexibility index (Phi) is 5.62. The fourth-order valence-electron chi connectivity index (χ4n) is 3.05. The average Bonchev–Trinajstić information content (AvgIpc) is 2.66. The molecular weight excluding hydrogens is 378 g/mol. The van der Waals surface area contributed by atoms with Gasteiger partial charge in [-0.15, -0.1) is 0 Å². The van der Waals surface area contributed by atoms with Gasteiger partial charge in [0, 0.05) is 17.5 Å². The number of anilines is 1. The van der Waals surface area contributed by atoms with Gasteiger partial charge in [0.2, 0.25) is 11.9 Å². The third kappa shape index (κ3) is 4.26. The molecule has 1 aromatic carbocycles. The van der Waals surface area contributed by atoms with E-state index in [9.17, 15) is 14.7 Å². The van der Waals surface area contributed by atoms with E-state index >= 15 is 0 Å². The molecule has 1 saturated heterocycles. The molecule has 2 heterocycles. The molecule has 0 radical (unpaired) electrons. The number of aromatic nitrogens is 2. The highest BCUT2D eigenvalue weighted by Gasteiger charge is 2.38. The minimum atomic E-state index is -1.20. The van der Waals surface area contributed by atoms with Gasteiger partial charge < -0.3 is 14.6 Å². The number of aliphatic carboxylic acids is 1. The molecule has 0 bridgehead atoms. The second kappa shape index (κ2) is 8.13. The number of carbonyl (C=O) groups is 2. The minimum absolute atomic E-state index is 0.00907. The van der Waals surface area contributed by atoms with E-state index in [1.165, 1.54) is 19.1 Å². The largest absolute Gasteiger partial charge is 0.497 e. The van der Waals surface area contributed by atoms with Crippen molar-refractivity contribution in [3.63, 3.8) is 0 Å². The van der Waals surface area contributed by atoms with Crippen molar-refractivity contribution in [2.75, 3.05) is 19.1 Å². The van der Waals surface area contributed by atoms with E-state index in [0.717, 1.165) is 0 Å². The van der Waals surface area contributed by atoms with E-state index in [2.05, 4.69) is 20.3 Å². The van der Waals surface area contributed by atoms with Crippen LogP contribution in [-0.2, 0) is 9.59 Å². The average molecular weight is 399 g/mol. The van der Waals surface area contributed by atoms with Crippen molar-refractivity contribution in [2.24, 2.45) is 4.99 Å². The first-order valence-electron chi connectivity index (χ1n) is 8.77. The maximum absolute atomic E-state index is 12.2. The van der Waals surface area contributed by atoms with Crippen LogP contribution in [0.5, 0.6) is 11.5 Å². The molecule has 0 spiro atoms. The summed E-state index contributed by atoms with van der Waals surface area (Å²) in [6.07, 6.45) is -0.261. The van der Waals surface area contributed by atoms with Crippen molar-refractivity contribution < 1.29 is 24.2 Å². The second-order valence-corrected chi connectivity index (χ2v) is 6.40. The lowest BCUT2D eigenvalue weighted by Crippen LogP contribution is -2.58. The Balaban J connectivity index is 2.20. The Bertz CT molecular complexity index is 971. The molecule has 152 valence electrons. The van der Waals surface area contributed by atoms with Crippen LogP contribution < -0.4 is 19.7 Å². The molecule has 3 rings (SSSR count). The van der Waals surface area contributed by atoms with Crippen molar-refractivity contribution in [3.05, 3.63) is 35.7 Å². The molecule has 1 amide bonds. The number of amides is 1. The lowest BCUT2D eigenvalue weighted by molar-refractivity contribution is -0.140. The fourth-order valence-corrected chi connectivity index (χ4v) is 3.05. The number of methoxy groups -OCH3 is 2. The lowest BCUT2D eigenvalue weighted by atomic mass is 10.1. The Morgan fingerprint density at radius 3 is 2.48 bits per heavy atom. The van der Waals surface area contributed by atoms with Crippen LogP contribution in [0.3, 0.4) is 0 Å². The van der Waals surface area contributed by atoms with Crippen LogP contribution in [0.4, 0.5) is 11.6 Å². The summed E-state index contributed by atoms with van der Waals surface area (Å²) in [4.78, 5) is 38.4. The number of carboxylic acids is 1. The molecule has 1 aromatic heterocycles. The summed E-state index contributed by atoms with van der Waals surface area (Å²) in [5.74, 6) is -0.676. The second-order valence-electron chi connectivity index (χ2n) is 6.40. The van der Waals surface area contributed by atoms with Crippen molar-refractivity contribution in [1.82, 2.24) is 15.3 Å². The zero-order valence-corrected chi connectivity index (χ0v) is 16.5. The summed E-state index contributed by atoms with van der Waals surface area (Å²) in [5, 5.41) is 12.4. The standard InChI is InChI=1S/C19H21N5O5/c1-10-7-11(2)21-18(20-10)23-19-22-16(25)9-14(17(26)27)24(19)13-8-12(28-3)5-6-15(13)29-4/h5-8,14H,9H2,1-4H3,(H,26,27)(H,20,21,22,23,25)/t14-/m1/s1. The van der Waals surface area contributed by atoms with Crippen LogP contribution in [0.1, 0.15) is 17.8 Å². The van der Waals surface area contributed by atoms with Gasteiger partial charge in [-0.3, -0.25) is 15.0 Å². The number of carbonyl (C=O) groups excluding carboxylic acids is 1. The van der Waals surface area contributed by atoms with E-state index in [1.807, 2.05) is 0 Å². The van der Waals surface area contributed by atoms with Crippen LogP contribution >= 0.6 is 0 Å². The number of aliphatic imine (C=N–C) groups is 1. The number of aryl methyl sites for hydroxylation is 2. The molecule has 10 heteroatoms. The quantitative estimate of drug-likeness (QED) is 0.776. The maximum Gasteiger partial charge on any atom is 0.327 e. The molecule has 10 nitrogen and oxygen atoms in total. The molecule has 2 N–H and O–H groups in total. The molecule has 1 fully saturated rings. The highest BCUT2D eigenvalue weighted by Crippen LogP contribution is 2.35. The maximum atomic E-state index is 12.2. The van der Waals surface area contributed by atoms with E-state index < -0.39 is 17.9 Å². The van der Waals surface area contributed by atoms with Gasteiger partial charge >= 0.3 is 5.97 Å². The normalized spacial score (nSPS) is 17.8. The fraction of sp³-hybridized carbons (Fsp3) is 0.316. The van der Waals surface area contributed by atoms with Gasteiger partial charge in [-0.25, -0.2) is 14.8 Å². The molecule has 0 saturated carbocycles. The number of hydrogen-bond donors (Lipinski definition) is 2. The van der Waals surface area contributed by atoms with Crippen LogP contribution in [0.25, 0.3) is 0 Å². The minimum Gasteiger partial charge on any atom is -0.497 e. The third-order valence-corrected chi connectivity index (χ3v) is 4.28. The zero-order chi connectivity index (χ0) is 21.1. The van der Waals surface area contributed by atoms with E-state index in [4.69, 9.17) is 9.47 Å². The highest BCUT2D eigenvalue weighted by molar-refractivity contribution is 6.13. The predicted molar refractivity (Wildman–Crippen MR) is 105 cm³/mol. The van der Waals surface area contributed by atoms with Gasteiger partial charge in [0.15, 0.2) is 0 Å². The Labute approximate surface area is 167 Å². The van der Waals surface area contributed by atoms with Crippen molar-refractivity contribution >= 4 is 29.5 Å². The molecule has 1 aliphatic rings. The van der Waals surface area contributed by atoms with E-state index in [0.29, 0.717) is 28.6 Å².